The Labute approximate surface area is 171 Å². The van der Waals surface area contributed by atoms with Gasteiger partial charge in [0.25, 0.3) is 5.91 Å². The highest BCUT2D eigenvalue weighted by Gasteiger charge is 2.28. The zero-order valence-electron chi connectivity index (χ0n) is 17.5. The molecule has 2 aromatic rings. The topological polar surface area (TPSA) is 78.6 Å². The molecule has 158 valence electrons. The summed E-state index contributed by atoms with van der Waals surface area (Å²) in [4.78, 5) is 26.9. The van der Waals surface area contributed by atoms with Crippen LogP contribution in [0.4, 0.5) is 0 Å². The van der Waals surface area contributed by atoms with Gasteiger partial charge in [0.2, 0.25) is 0 Å². The first-order valence-corrected chi connectivity index (χ1v) is 10.2. The van der Waals surface area contributed by atoms with Crippen LogP contribution in [0.15, 0.2) is 29.1 Å². The third-order valence-corrected chi connectivity index (χ3v) is 5.34. The Morgan fingerprint density at radius 3 is 2.69 bits per heavy atom. The molecule has 1 amide bonds. The number of carbonyl (C=O) groups is 1. The lowest BCUT2D eigenvalue weighted by Gasteiger charge is -2.31. The largest absolute Gasteiger partial charge is 0.484 e. The predicted octanol–water partition coefficient (Wildman–Crippen LogP) is 1.80. The van der Waals surface area contributed by atoms with Crippen molar-refractivity contribution in [2.45, 2.75) is 45.7 Å². The van der Waals surface area contributed by atoms with Gasteiger partial charge in [-0.1, -0.05) is 12.1 Å². The lowest BCUT2D eigenvalue weighted by Crippen LogP contribution is -2.41. The molecule has 1 saturated heterocycles. The lowest BCUT2D eigenvalue weighted by atomic mass is 9.96. The summed E-state index contributed by atoms with van der Waals surface area (Å²) in [5.74, 6) is 1.69. The van der Waals surface area contributed by atoms with Gasteiger partial charge in [-0.05, 0) is 44.4 Å². The number of amides is 1. The van der Waals surface area contributed by atoms with E-state index in [1.54, 1.807) is 11.7 Å². The summed E-state index contributed by atoms with van der Waals surface area (Å²) in [5.41, 5.74) is 1.01. The minimum atomic E-state index is -0.0930. The van der Waals surface area contributed by atoms with Crippen LogP contribution < -0.4 is 10.4 Å². The maximum absolute atomic E-state index is 12.5. The highest BCUT2D eigenvalue weighted by atomic mass is 16.5. The number of rotatable bonds is 8. The van der Waals surface area contributed by atoms with Crippen molar-refractivity contribution in [3.05, 3.63) is 46.1 Å². The molecule has 0 bridgehead atoms. The molecule has 2 heterocycles. The standard InChI is InChI=1S/C21H30N4O4/c1-4-24-20(22-25(21(24)27)12-13-28-3)17-8-10-23(11-9-17)19(26)15-29-18-7-5-6-16(2)14-18/h5-7,14,17H,4,8-13,15H2,1-3H3. The molecule has 0 saturated carbocycles. The van der Waals surface area contributed by atoms with Gasteiger partial charge in [0.05, 0.1) is 13.2 Å². The van der Waals surface area contributed by atoms with E-state index in [4.69, 9.17) is 9.47 Å². The Morgan fingerprint density at radius 1 is 1.28 bits per heavy atom. The van der Waals surface area contributed by atoms with E-state index in [0.717, 1.165) is 24.2 Å². The zero-order chi connectivity index (χ0) is 20.8. The fourth-order valence-electron chi connectivity index (χ4n) is 3.71. The number of nitrogens with zero attached hydrogens (tertiary/aromatic N) is 4. The van der Waals surface area contributed by atoms with Gasteiger partial charge >= 0.3 is 5.69 Å². The predicted molar refractivity (Wildman–Crippen MR) is 109 cm³/mol. The average molecular weight is 402 g/mol. The van der Waals surface area contributed by atoms with Crippen LogP contribution in [-0.2, 0) is 22.6 Å². The molecule has 0 radical (unpaired) electrons. The van der Waals surface area contributed by atoms with E-state index in [-0.39, 0.29) is 24.1 Å². The molecule has 0 N–H and O–H groups in total. The van der Waals surface area contributed by atoms with Crippen LogP contribution in [0.1, 0.15) is 37.1 Å². The SMILES string of the molecule is CCn1c(C2CCN(C(=O)COc3cccc(C)c3)CC2)nn(CCOC)c1=O. The van der Waals surface area contributed by atoms with Gasteiger partial charge in [-0.3, -0.25) is 9.36 Å². The Morgan fingerprint density at radius 2 is 2.03 bits per heavy atom. The van der Waals surface area contributed by atoms with Gasteiger partial charge in [0.1, 0.15) is 11.6 Å². The van der Waals surface area contributed by atoms with Crippen LogP contribution in [0.2, 0.25) is 0 Å². The third-order valence-electron chi connectivity index (χ3n) is 5.34. The van der Waals surface area contributed by atoms with Gasteiger partial charge in [-0.2, -0.15) is 5.10 Å². The number of aryl methyl sites for hydroxylation is 1. The molecular weight excluding hydrogens is 372 g/mol. The summed E-state index contributed by atoms with van der Waals surface area (Å²) in [5, 5.41) is 4.55. The van der Waals surface area contributed by atoms with Crippen molar-refractivity contribution in [3.8, 4) is 5.75 Å². The van der Waals surface area contributed by atoms with Crippen LogP contribution in [0.5, 0.6) is 5.75 Å². The second kappa shape index (κ2) is 9.73. The van der Waals surface area contributed by atoms with E-state index in [1.807, 2.05) is 43.0 Å². The smallest absolute Gasteiger partial charge is 0.345 e. The van der Waals surface area contributed by atoms with E-state index in [2.05, 4.69) is 5.10 Å². The molecule has 3 rings (SSSR count). The first-order chi connectivity index (χ1) is 14.0. The van der Waals surface area contributed by atoms with Crippen molar-refractivity contribution in [2.75, 3.05) is 33.4 Å². The van der Waals surface area contributed by atoms with Crippen molar-refractivity contribution in [1.82, 2.24) is 19.2 Å². The second-order valence-corrected chi connectivity index (χ2v) is 7.36. The first-order valence-electron chi connectivity index (χ1n) is 10.2. The molecule has 1 fully saturated rings. The van der Waals surface area contributed by atoms with Crippen LogP contribution in [-0.4, -0.2) is 58.6 Å². The molecule has 1 aromatic carbocycles. The van der Waals surface area contributed by atoms with Gasteiger partial charge in [0.15, 0.2) is 6.61 Å². The number of hydrogen-bond donors (Lipinski definition) is 0. The van der Waals surface area contributed by atoms with Crippen LogP contribution >= 0.6 is 0 Å². The zero-order valence-corrected chi connectivity index (χ0v) is 17.5. The fourth-order valence-corrected chi connectivity index (χ4v) is 3.71. The monoisotopic (exact) mass is 402 g/mol. The number of aromatic nitrogens is 3. The summed E-state index contributed by atoms with van der Waals surface area (Å²) >= 11 is 0. The molecule has 1 aliphatic rings. The minimum absolute atomic E-state index is 0.0107. The van der Waals surface area contributed by atoms with Gasteiger partial charge in [-0.15, -0.1) is 0 Å². The normalized spacial score (nSPS) is 14.9. The summed E-state index contributed by atoms with van der Waals surface area (Å²) in [7, 11) is 1.61. The fraction of sp³-hybridized carbons (Fsp3) is 0.571. The van der Waals surface area contributed by atoms with Crippen LogP contribution in [0.25, 0.3) is 0 Å². The molecule has 0 unspecified atom stereocenters. The number of methoxy groups -OCH3 is 1. The molecular formula is C21H30N4O4. The quantitative estimate of drug-likeness (QED) is 0.673. The summed E-state index contributed by atoms with van der Waals surface area (Å²) in [6.45, 7) is 6.76. The molecule has 29 heavy (non-hydrogen) atoms. The third kappa shape index (κ3) is 5.06. The maximum atomic E-state index is 12.5. The lowest BCUT2D eigenvalue weighted by molar-refractivity contribution is -0.134. The number of likely N-dealkylation sites (tertiary alicyclic amines) is 1. The van der Waals surface area contributed by atoms with Crippen molar-refractivity contribution >= 4 is 5.91 Å². The van der Waals surface area contributed by atoms with Crippen molar-refractivity contribution < 1.29 is 14.3 Å². The molecule has 1 aliphatic heterocycles. The van der Waals surface area contributed by atoms with E-state index in [9.17, 15) is 9.59 Å². The van der Waals surface area contributed by atoms with E-state index in [1.165, 1.54) is 4.68 Å². The summed E-state index contributed by atoms with van der Waals surface area (Å²) < 4.78 is 13.9. The Balaban J connectivity index is 1.57. The van der Waals surface area contributed by atoms with E-state index in [0.29, 0.717) is 38.5 Å². The first kappa shape index (κ1) is 21.1. The summed E-state index contributed by atoms with van der Waals surface area (Å²) in [6, 6.07) is 7.69. The van der Waals surface area contributed by atoms with Crippen molar-refractivity contribution in [3.63, 3.8) is 0 Å². The number of carbonyl (C=O) groups excluding carboxylic acids is 1. The Bertz CT molecular complexity index is 881. The minimum Gasteiger partial charge on any atom is -0.484 e. The maximum Gasteiger partial charge on any atom is 0.345 e. The van der Waals surface area contributed by atoms with Crippen LogP contribution in [0, 0.1) is 6.92 Å². The van der Waals surface area contributed by atoms with Gasteiger partial charge in [-0.25, -0.2) is 9.48 Å². The van der Waals surface area contributed by atoms with Crippen molar-refractivity contribution in [2.24, 2.45) is 0 Å². The number of benzene rings is 1. The molecule has 8 heteroatoms. The van der Waals surface area contributed by atoms with Crippen LogP contribution in [0.3, 0.4) is 0 Å². The van der Waals surface area contributed by atoms with E-state index < -0.39 is 0 Å². The van der Waals surface area contributed by atoms with E-state index >= 15 is 0 Å². The number of ether oxygens (including phenoxy) is 2. The molecule has 0 aliphatic carbocycles. The molecule has 8 nitrogen and oxygen atoms in total. The molecule has 1 aromatic heterocycles. The summed E-state index contributed by atoms with van der Waals surface area (Å²) in [6.07, 6.45) is 1.58. The second-order valence-electron chi connectivity index (χ2n) is 7.36. The molecule has 0 atom stereocenters. The highest BCUT2D eigenvalue weighted by Crippen LogP contribution is 2.26. The highest BCUT2D eigenvalue weighted by molar-refractivity contribution is 5.77. The molecule has 0 spiro atoms. The number of piperidine rings is 1. The number of hydrogen-bond acceptors (Lipinski definition) is 5. The van der Waals surface area contributed by atoms with Crippen molar-refractivity contribution in [1.29, 1.82) is 0 Å². The van der Waals surface area contributed by atoms with Gasteiger partial charge < -0.3 is 14.4 Å². The van der Waals surface area contributed by atoms with Gasteiger partial charge in [0, 0.05) is 32.7 Å². The Kier molecular flexibility index (Phi) is 7.09. The Hall–Kier alpha value is -2.61. The average Bonchev–Trinajstić information content (AvgIpc) is 3.06.